The lowest BCUT2D eigenvalue weighted by Gasteiger charge is -2.13. The van der Waals surface area contributed by atoms with Crippen LogP contribution in [-0.2, 0) is 4.84 Å². The van der Waals surface area contributed by atoms with Crippen LogP contribution in [0.5, 0.6) is 0 Å². The lowest BCUT2D eigenvalue weighted by atomic mass is 10.1. The molecule has 1 aromatic carbocycles. The molecule has 7 nitrogen and oxygen atoms in total. The van der Waals surface area contributed by atoms with Gasteiger partial charge in [-0.1, -0.05) is 21.8 Å². The number of alkyl halides is 3. The lowest BCUT2D eigenvalue weighted by molar-refractivity contribution is 0.127. The maximum atomic E-state index is 13.3. The fourth-order valence-corrected chi connectivity index (χ4v) is 3.23. The first-order valence-electron chi connectivity index (χ1n) is 8.81. The molecule has 3 aromatic rings. The topological polar surface area (TPSA) is 80.0 Å². The number of halogens is 3. The van der Waals surface area contributed by atoms with Crippen LogP contribution < -0.4 is 10.6 Å². The first-order valence-corrected chi connectivity index (χ1v) is 11.4. The molecule has 0 radical (unpaired) electrons. The molecule has 0 bridgehead atoms. The third-order valence-corrected chi connectivity index (χ3v) is 5.72. The summed E-state index contributed by atoms with van der Waals surface area (Å²) in [5.74, 6) is 0. The molecule has 0 saturated heterocycles. The molecule has 0 atom stereocenters. The summed E-state index contributed by atoms with van der Waals surface area (Å²) in [6, 6.07) is 10.2. The summed E-state index contributed by atoms with van der Waals surface area (Å²) < 4.78 is 28.8. The molecule has 3 rings (SSSR count). The minimum Gasteiger partial charge on any atom is -0.399 e. The van der Waals surface area contributed by atoms with Crippen LogP contribution in [-0.4, -0.2) is 43.2 Å². The Morgan fingerprint density at radius 1 is 1.37 bits per heavy atom. The summed E-state index contributed by atoms with van der Waals surface area (Å²) in [6.07, 6.45) is 3.60. The minimum absolute atomic E-state index is 0.479. The number of hydrogen-bond donors (Lipinski definition) is 2. The monoisotopic (exact) mass is 527 g/mol. The van der Waals surface area contributed by atoms with E-state index in [1.165, 1.54) is 7.11 Å². The molecular weight excluding hydrogens is 507 g/mol. The molecule has 2 aromatic heterocycles. The standard InChI is InChI=1S/C20H20F2IN5O2/c1-13(27-30-3)14-7-8-28-17(11-24-18(28)10-14)15-5-4-6-16(9-15)26-19(29)25-12-20(21,22)23-2/h4-11H,2,12H2,1,3H3,(H2,25,26,29)/b27-13+. The Labute approximate surface area is 181 Å². The zero-order valence-electron chi connectivity index (χ0n) is 16.3. The summed E-state index contributed by atoms with van der Waals surface area (Å²) in [6.45, 7) is 1.12. The van der Waals surface area contributed by atoms with Crippen molar-refractivity contribution in [3.8, 4) is 11.3 Å². The van der Waals surface area contributed by atoms with E-state index in [1.807, 2.05) is 35.7 Å². The number of hydrogen-bond acceptors (Lipinski definition) is 4. The van der Waals surface area contributed by atoms with Crippen molar-refractivity contribution < 1.29 is 18.4 Å². The second-order valence-corrected chi connectivity index (χ2v) is 8.62. The number of rotatable bonds is 7. The third kappa shape index (κ3) is 5.17. The SMILES string of the molecule is C=IC(F)(F)CNC(=O)Nc1cccc(-c2cnc3cc(/C(C)=N/OC)ccn23)c1. The van der Waals surface area contributed by atoms with Gasteiger partial charge in [-0.2, -0.15) is 8.78 Å². The van der Waals surface area contributed by atoms with Gasteiger partial charge in [-0.05, 0) is 51.9 Å². The highest BCUT2D eigenvalue weighted by Gasteiger charge is 2.25. The van der Waals surface area contributed by atoms with Crippen molar-refractivity contribution in [2.24, 2.45) is 5.16 Å². The molecule has 2 amide bonds. The Kier molecular flexibility index (Phi) is 6.75. The van der Waals surface area contributed by atoms with Gasteiger partial charge in [0.05, 0.1) is 24.1 Å². The molecule has 10 heteroatoms. The van der Waals surface area contributed by atoms with E-state index in [0.29, 0.717) is 5.69 Å². The Morgan fingerprint density at radius 3 is 2.90 bits per heavy atom. The number of nitrogens with one attached hydrogen (secondary N) is 2. The van der Waals surface area contributed by atoms with Gasteiger partial charge in [0.1, 0.15) is 12.8 Å². The van der Waals surface area contributed by atoms with Crippen LogP contribution >= 0.6 is 20.7 Å². The van der Waals surface area contributed by atoms with Crippen LogP contribution in [0.4, 0.5) is 19.3 Å². The average molecular weight is 527 g/mol. The molecule has 0 saturated carbocycles. The molecule has 0 aliphatic heterocycles. The second-order valence-electron chi connectivity index (χ2n) is 6.28. The van der Waals surface area contributed by atoms with Crippen LogP contribution in [0.1, 0.15) is 12.5 Å². The van der Waals surface area contributed by atoms with Crippen molar-refractivity contribution in [1.29, 1.82) is 0 Å². The van der Waals surface area contributed by atoms with Gasteiger partial charge < -0.3 is 15.5 Å². The van der Waals surface area contributed by atoms with Gasteiger partial charge in [-0.3, -0.25) is 4.40 Å². The summed E-state index contributed by atoms with van der Waals surface area (Å²) in [5.41, 5.74) is 4.44. The number of carbonyl (C=O) groups excluding carboxylic acids is 1. The predicted octanol–water partition coefficient (Wildman–Crippen LogP) is 4.49. The van der Waals surface area contributed by atoms with Crippen molar-refractivity contribution in [2.45, 2.75) is 10.9 Å². The van der Waals surface area contributed by atoms with Gasteiger partial charge >= 0.3 is 9.96 Å². The number of amides is 2. The Bertz CT molecular complexity index is 1110. The summed E-state index contributed by atoms with van der Waals surface area (Å²) in [5, 5.41) is 8.68. The van der Waals surface area contributed by atoms with Crippen molar-refractivity contribution in [1.82, 2.24) is 14.7 Å². The summed E-state index contributed by atoms with van der Waals surface area (Å²) >= 11 is -1.54. The molecule has 30 heavy (non-hydrogen) atoms. The van der Waals surface area contributed by atoms with E-state index in [0.717, 1.165) is 28.2 Å². The van der Waals surface area contributed by atoms with Crippen LogP contribution in [0.25, 0.3) is 16.9 Å². The van der Waals surface area contributed by atoms with Gasteiger partial charge in [-0.15, -0.1) is 0 Å². The van der Waals surface area contributed by atoms with Gasteiger partial charge in [0, 0.05) is 23.0 Å². The number of aromatic nitrogens is 2. The maximum Gasteiger partial charge on any atom is 0.319 e. The third-order valence-electron chi connectivity index (χ3n) is 4.22. The largest absolute Gasteiger partial charge is 0.399 e. The molecule has 0 unspecified atom stereocenters. The molecule has 0 fully saturated rings. The summed E-state index contributed by atoms with van der Waals surface area (Å²) in [4.78, 5) is 21.2. The Morgan fingerprint density at radius 2 is 2.17 bits per heavy atom. The average Bonchev–Trinajstić information content (AvgIpc) is 3.16. The van der Waals surface area contributed by atoms with Gasteiger partial charge in [0.2, 0.25) is 0 Å². The van der Waals surface area contributed by atoms with Crippen molar-refractivity contribution in [2.75, 3.05) is 19.0 Å². The number of urea groups is 1. The smallest absolute Gasteiger partial charge is 0.319 e. The van der Waals surface area contributed by atoms with Crippen molar-refractivity contribution in [3.63, 3.8) is 0 Å². The van der Waals surface area contributed by atoms with E-state index in [4.69, 9.17) is 4.84 Å². The van der Waals surface area contributed by atoms with Crippen molar-refractivity contribution in [3.05, 3.63) is 54.4 Å². The highest BCUT2D eigenvalue weighted by molar-refractivity contribution is 14.2. The number of anilines is 1. The molecule has 158 valence electrons. The van der Waals surface area contributed by atoms with Crippen LogP contribution in [0.2, 0.25) is 0 Å². The van der Waals surface area contributed by atoms with E-state index >= 15 is 0 Å². The van der Waals surface area contributed by atoms with Crippen LogP contribution in [0.15, 0.2) is 53.9 Å². The fourth-order valence-electron chi connectivity index (χ4n) is 2.77. The normalized spacial score (nSPS) is 12.1. The lowest BCUT2D eigenvalue weighted by Crippen LogP contribution is -2.36. The Hall–Kier alpha value is -2.89. The predicted molar refractivity (Wildman–Crippen MR) is 123 cm³/mol. The zero-order valence-corrected chi connectivity index (χ0v) is 18.5. The number of carbonyl (C=O) groups is 1. The van der Waals surface area contributed by atoms with Crippen LogP contribution in [0.3, 0.4) is 0 Å². The van der Waals surface area contributed by atoms with E-state index in [2.05, 4.69) is 25.3 Å². The van der Waals surface area contributed by atoms with Gasteiger partial charge in [0.15, 0.2) is 0 Å². The fraction of sp³-hybridized carbons (Fsp3) is 0.200. The van der Waals surface area contributed by atoms with E-state index in [-0.39, 0.29) is 0 Å². The number of oxime groups is 1. The molecule has 2 N–H and O–H groups in total. The first kappa shape index (κ1) is 21.8. The molecular formula is C20H20F2IN5O2. The quantitative estimate of drug-likeness (QED) is 0.206. The molecule has 0 aliphatic rings. The number of fused-ring (bicyclic) bond motifs is 1. The number of benzene rings is 1. The van der Waals surface area contributed by atoms with E-state index < -0.39 is 37.2 Å². The number of pyridine rings is 1. The molecule has 0 spiro atoms. The van der Waals surface area contributed by atoms with Gasteiger partial charge in [-0.25, -0.2) is 9.78 Å². The molecule has 0 aliphatic carbocycles. The van der Waals surface area contributed by atoms with E-state index in [9.17, 15) is 13.6 Å². The minimum atomic E-state index is -2.93. The second kappa shape index (κ2) is 9.28. The number of nitrogens with zero attached hydrogens (tertiary/aromatic N) is 3. The van der Waals surface area contributed by atoms with Crippen molar-refractivity contribution >= 4 is 48.3 Å². The number of imidazole rings is 1. The van der Waals surface area contributed by atoms with Gasteiger partial charge in [0.25, 0.3) is 0 Å². The zero-order chi connectivity index (χ0) is 21.7. The van der Waals surface area contributed by atoms with E-state index in [1.54, 1.807) is 24.4 Å². The highest BCUT2D eigenvalue weighted by Crippen LogP contribution is 2.26. The molecule has 2 heterocycles. The summed E-state index contributed by atoms with van der Waals surface area (Å²) in [7, 11) is 1.49. The first-order chi connectivity index (χ1) is 14.3. The highest BCUT2D eigenvalue weighted by atomic mass is 127. The maximum absolute atomic E-state index is 13.3. The van der Waals surface area contributed by atoms with Crippen LogP contribution in [0, 0.1) is 0 Å². The Balaban J connectivity index is 1.80.